The van der Waals surface area contributed by atoms with Crippen molar-refractivity contribution >= 4 is 18.3 Å². The van der Waals surface area contributed by atoms with Crippen molar-refractivity contribution in [1.82, 2.24) is 10.6 Å². The molecule has 1 saturated heterocycles. The van der Waals surface area contributed by atoms with Gasteiger partial charge in [0.15, 0.2) is 0 Å². The van der Waals surface area contributed by atoms with Crippen LogP contribution < -0.4 is 10.6 Å². The van der Waals surface area contributed by atoms with Gasteiger partial charge in [0, 0.05) is 19.0 Å². The average Bonchev–Trinajstić information content (AvgIpc) is 2.66. The molecule has 0 aromatic heterocycles. The van der Waals surface area contributed by atoms with Crippen molar-refractivity contribution in [1.29, 1.82) is 0 Å². The molecule has 0 bridgehead atoms. The summed E-state index contributed by atoms with van der Waals surface area (Å²) >= 11 is 0. The molecule has 1 amide bonds. The number of hydrogen-bond donors (Lipinski definition) is 2. The average molecular weight is 249 g/mol. The molecule has 0 spiro atoms. The molecule has 2 N–H and O–H groups in total. The van der Waals surface area contributed by atoms with E-state index in [4.69, 9.17) is 0 Å². The molecule has 0 aromatic carbocycles. The molecule has 16 heavy (non-hydrogen) atoms. The van der Waals surface area contributed by atoms with Gasteiger partial charge in [0.2, 0.25) is 5.91 Å². The first-order valence-corrected chi connectivity index (χ1v) is 6.13. The van der Waals surface area contributed by atoms with E-state index in [-0.39, 0.29) is 18.3 Å². The Morgan fingerprint density at radius 1 is 1.50 bits per heavy atom. The third-order valence-corrected chi connectivity index (χ3v) is 3.34. The van der Waals surface area contributed by atoms with Crippen molar-refractivity contribution in [2.75, 3.05) is 13.1 Å². The minimum atomic E-state index is 0. The van der Waals surface area contributed by atoms with Gasteiger partial charge in [0.05, 0.1) is 0 Å². The van der Waals surface area contributed by atoms with Crippen LogP contribution in [0.3, 0.4) is 0 Å². The lowest BCUT2D eigenvalue weighted by atomic mass is 9.90. The van der Waals surface area contributed by atoms with Crippen molar-refractivity contribution in [3.05, 3.63) is 0 Å². The van der Waals surface area contributed by atoms with Crippen LogP contribution in [0.25, 0.3) is 0 Å². The molecule has 0 aliphatic carbocycles. The van der Waals surface area contributed by atoms with Gasteiger partial charge in [-0.25, -0.2) is 0 Å². The van der Waals surface area contributed by atoms with Crippen LogP contribution in [0.15, 0.2) is 0 Å². The highest BCUT2D eigenvalue weighted by Gasteiger charge is 2.20. The monoisotopic (exact) mass is 248 g/mol. The van der Waals surface area contributed by atoms with E-state index in [1.165, 1.54) is 0 Å². The third kappa shape index (κ3) is 5.17. The van der Waals surface area contributed by atoms with Crippen molar-refractivity contribution < 1.29 is 4.79 Å². The van der Waals surface area contributed by atoms with Gasteiger partial charge in [0.1, 0.15) is 0 Å². The Bertz CT molecular complexity index is 203. The minimum Gasteiger partial charge on any atom is -0.352 e. The normalized spacial score (nSPS) is 21.6. The van der Waals surface area contributed by atoms with E-state index < -0.39 is 0 Å². The van der Waals surface area contributed by atoms with Crippen molar-refractivity contribution in [3.8, 4) is 0 Å². The fourth-order valence-electron chi connectivity index (χ4n) is 2.15. The van der Waals surface area contributed by atoms with E-state index in [1.807, 2.05) is 0 Å². The molecular formula is C12H25ClN2O. The summed E-state index contributed by atoms with van der Waals surface area (Å²) in [6.45, 7) is 8.52. The SMILES string of the molecule is CCC(CC(=O)NC1CCNC1)C(C)C.Cl. The number of hydrogen-bond acceptors (Lipinski definition) is 2. The molecule has 0 saturated carbocycles. The number of nitrogens with one attached hydrogen (secondary N) is 2. The quantitative estimate of drug-likeness (QED) is 0.781. The van der Waals surface area contributed by atoms with Gasteiger partial charge < -0.3 is 10.6 Å². The summed E-state index contributed by atoms with van der Waals surface area (Å²) in [5, 5.41) is 6.35. The summed E-state index contributed by atoms with van der Waals surface area (Å²) in [5.41, 5.74) is 0. The maximum absolute atomic E-state index is 11.7. The molecule has 2 unspecified atom stereocenters. The van der Waals surface area contributed by atoms with E-state index in [0.29, 0.717) is 24.3 Å². The second kappa shape index (κ2) is 7.91. The fraction of sp³-hybridized carbons (Fsp3) is 0.917. The topological polar surface area (TPSA) is 41.1 Å². The lowest BCUT2D eigenvalue weighted by Crippen LogP contribution is -2.37. The first-order valence-electron chi connectivity index (χ1n) is 6.13. The first-order chi connectivity index (χ1) is 7.13. The van der Waals surface area contributed by atoms with Crippen LogP contribution >= 0.6 is 12.4 Å². The van der Waals surface area contributed by atoms with Crippen LogP contribution in [0.4, 0.5) is 0 Å². The standard InChI is InChI=1S/C12H24N2O.ClH/c1-4-10(9(2)3)7-12(15)14-11-5-6-13-8-11;/h9-11,13H,4-8H2,1-3H3,(H,14,15);1H. The summed E-state index contributed by atoms with van der Waals surface area (Å²) in [4.78, 5) is 11.7. The van der Waals surface area contributed by atoms with Gasteiger partial charge >= 0.3 is 0 Å². The molecule has 1 heterocycles. The highest BCUT2D eigenvalue weighted by Crippen LogP contribution is 2.18. The molecular weight excluding hydrogens is 224 g/mol. The number of rotatable bonds is 5. The van der Waals surface area contributed by atoms with Gasteiger partial charge in [-0.1, -0.05) is 27.2 Å². The molecule has 0 aromatic rings. The van der Waals surface area contributed by atoms with E-state index in [0.717, 1.165) is 25.9 Å². The first kappa shape index (κ1) is 15.7. The summed E-state index contributed by atoms with van der Waals surface area (Å²) in [5.74, 6) is 1.35. The summed E-state index contributed by atoms with van der Waals surface area (Å²) in [6, 6.07) is 0.363. The Hall–Kier alpha value is -0.280. The maximum Gasteiger partial charge on any atom is 0.220 e. The second-order valence-electron chi connectivity index (χ2n) is 4.87. The van der Waals surface area contributed by atoms with Crippen LogP contribution in [0, 0.1) is 11.8 Å². The van der Waals surface area contributed by atoms with Gasteiger partial charge in [0.25, 0.3) is 0 Å². The number of carbonyl (C=O) groups is 1. The van der Waals surface area contributed by atoms with Gasteiger partial charge in [-0.05, 0) is 24.8 Å². The predicted octanol–water partition coefficient (Wildman–Crippen LogP) is 1.96. The Morgan fingerprint density at radius 3 is 2.62 bits per heavy atom. The predicted molar refractivity (Wildman–Crippen MR) is 69.9 cm³/mol. The number of carbonyl (C=O) groups excluding carboxylic acids is 1. The molecule has 3 nitrogen and oxygen atoms in total. The lowest BCUT2D eigenvalue weighted by molar-refractivity contribution is -0.123. The highest BCUT2D eigenvalue weighted by atomic mass is 35.5. The molecule has 0 radical (unpaired) electrons. The van der Waals surface area contributed by atoms with E-state index >= 15 is 0 Å². The Balaban J connectivity index is 0.00000225. The number of halogens is 1. The fourth-order valence-corrected chi connectivity index (χ4v) is 2.15. The van der Waals surface area contributed by atoms with E-state index in [1.54, 1.807) is 0 Å². The minimum absolute atomic E-state index is 0. The van der Waals surface area contributed by atoms with Gasteiger partial charge in [-0.2, -0.15) is 0 Å². The van der Waals surface area contributed by atoms with E-state index in [2.05, 4.69) is 31.4 Å². The summed E-state index contributed by atoms with van der Waals surface area (Å²) in [6.07, 6.45) is 2.85. The van der Waals surface area contributed by atoms with Gasteiger partial charge in [-0.15, -0.1) is 12.4 Å². The smallest absolute Gasteiger partial charge is 0.220 e. The zero-order valence-electron chi connectivity index (χ0n) is 10.6. The molecule has 4 heteroatoms. The van der Waals surface area contributed by atoms with Crippen molar-refractivity contribution in [2.24, 2.45) is 11.8 Å². The molecule has 96 valence electrons. The highest BCUT2D eigenvalue weighted by molar-refractivity contribution is 5.85. The molecule has 1 aliphatic heterocycles. The molecule has 1 aliphatic rings. The van der Waals surface area contributed by atoms with Crippen LogP contribution in [0.5, 0.6) is 0 Å². The van der Waals surface area contributed by atoms with Crippen molar-refractivity contribution in [2.45, 2.75) is 46.1 Å². The maximum atomic E-state index is 11.7. The summed E-state index contributed by atoms with van der Waals surface area (Å²) in [7, 11) is 0. The van der Waals surface area contributed by atoms with Crippen LogP contribution in [0.2, 0.25) is 0 Å². The largest absolute Gasteiger partial charge is 0.352 e. The van der Waals surface area contributed by atoms with Crippen LogP contribution in [-0.4, -0.2) is 25.0 Å². The van der Waals surface area contributed by atoms with E-state index in [9.17, 15) is 4.79 Å². The lowest BCUT2D eigenvalue weighted by Gasteiger charge is -2.19. The van der Waals surface area contributed by atoms with Crippen LogP contribution in [-0.2, 0) is 4.79 Å². The molecule has 1 fully saturated rings. The number of amides is 1. The Labute approximate surface area is 105 Å². The van der Waals surface area contributed by atoms with Crippen molar-refractivity contribution in [3.63, 3.8) is 0 Å². The third-order valence-electron chi connectivity index (χ3n) is 3.34. The zero-order chi connectivity index (χ0) is 11.3. The summed E-state index contributed by atoms with van der Waals surface area (Å²) < 4.78 is 0. The zero-order valence-corrected chi connectivity index (χ0v) is 11.4. The Kier molecular flexibility index (Phi) is 7.77. The Morgan fingerprint density at radius 2 is 2.19 bits per heavy atom. The molecule has 2 atom stereocenters. The second-order valence-corrected chi connectivity index (χ2v) is 4.87. The van der Waals surface area contributed by atoms with Crippen LogP contribution in [0.1, 0.15) is 40.0 Å². The van der Waals surface area contributed by atoms with Gasteiger partial charge in [-0.3, -0.25) is 4.79 Å². The molecule has 1 rings (SSSR count).